The largest absolute Gasteiger partial charge is 0.481 e. The van der Waals surface area contributed by atoms with Crippen LogP contribution in [0.25, 0.3) is 0 Å². The molecule has 1 atom stereocenters. The predicted octanol–water partition coefficient (Wildman–Crippen LogP) is 1.05. The minimum atomic E-state index is -0.590. The normalized spacial score (nSPS) is 15.9. The molecule has 1 aliphatic heterocycles. The van der Waals surface area contributed by atoms with Crippen LogP contribution in [0.4, 0.5) is 11.4 Å². The van der Waals surface area contributed by atoms with Gasteiger partial charge in [-0.15, -0.1) is 11.6 Å². The van der Waals surface area contributed by atoms with E-state index in [0.717, 1.165) is 11.4 Å². The first-order valence-electron chi connectivity index (χ1n) is 5.63. The summed E-state index contributed by atoms with van der Waals surface area (Å²) >= 11 is 5.51. The highest BCUT2D eigenvalue weighted by molar-refractivity contribution is 6.18. The summed E-state index contributed by atoms with van der Waals surface area (Å²) < 4.78 is 5.36. The van der Waals surface area contributed by atoms with E-state index >= 15 is 0 Å². The Kier molecular flexibility index (Phi) is 3.93. The second-order valence-electron chi connectivity index (χ2n) is 4.11. The number of likely N-dealkylation sites (N-methyl/N-ethyl adjacent to an activating group) is 1. The van der Waals surface area contributed by atoms with Gasteiger partial charge in [0, 0.05) is 25.3 Å². The molecule has 0 spiro atoms. The molecule has 1 aromatic rings. The minimum absolute atomic E-state index is 0.0528. The Morgan fingerprint density at radius 2 is 2.39 bits per heavy atom. The first-order chi connectivity index (χ1) is 8.61. The van der Waals surface area contributed by atoms with Crippen molar-refractivity contribution >= 4 is 28.9 Å². The third-order valence-electron chi connectivity index (χ3n) is 2.77. The van der Waals surface area contributed by atoms with Gasteiger partial charge in [-0.2, -0.15) is 0 Å². The van der Waals surface area contributed by atoms with Gasteiger partial charge >= 0.3 is 0 Å². The number of alkyl halides is 1. The molecule has 1 amide bonds. The lowest BCUT2D eigenvalue weighted by Gasteiger charge is -2.26. The van der Waals surface area contributed by atoms with Crippen LogP contribution in [0, 0.1) is 0 Å². The molecule has 1 heterocycles. The van der Waals surface area contributed by atoms with Crippen LogP contribution in [-0.4, -0.2) is 43.2 Å². The van der Waals surface area contributed by atoms with Crippen molar-refractivity contribution in [3.8, 4) is 5.75 Å². The number of ether oxygens (including phenoxy) is 1. The molecule has 0 aliphatic carbocycles. The summed E-state index contributed by atoms with van der Waals surface area (Å²) in [6.07, 6.45) is -0.590. The molecule has 5 nitrogen and oxygen atoms in total. The van der Waals surface area contributed by atoms with Crippen LogP contribution in [0.3, 0.4) is 0 Å². The zero-order chi connectivity index (χ0) is 13.1. The molecule has 1 aliphatic rings. The van der Waals surface area contributed by atoms with Gasteiger partial charge in [0.1, 0.15) is 5.75 Å². The topological polar surface area (TPSA) is 61.8 Å². The van der Waals surface area contributed by atoms with Crippen molar-refractivity contribution in [2.75, 3.05) is 36.3 Å². The summed E-state index contributed by atoms with van der Waals surface area (Å²) in [7, 11) is 1.72. The van der Waals surface area contributed by atoms with Crippen LogP contribution in [0.2, 0.25) is 0 Å². The molecular weight excluding hydrogens is 256 g/mol. The third kappa shape index (κ3) is 2.68. The van der Waals surface area contributed by atoms with Crippen molar-refractivity contribution in [3.63, 3.8) is 0 Å². The second-order valence-corrected chi connectivity index (χ2v) is 4.42. The summed E-state index contributed by atoms with van der Waals surface area (Å²) in [5, 5.41) is 12.4. The second kappa shape index (κ2) is 5.46. The van der Waals surface area contributed by atoms with Gasteiger partial charge in [-0.25, -0.2) is 0 Å². The number of hydrogen-bond acceptors (Lipinski definition) is 4. The van der Waals surface area contributed by atoms with Gasteiger partial charge in [-0.3, -0.25) is 4.79 Å². The Labute approximate surface area is 110 Å². The van der Waals surface area contributed by atoms with Crippen LogP contribution in [0.15, 0.2) is 18.2 Å². The van der Waals surface area contributed by atoms with E-state index in [9.17, 15) is 9.90 Å². The van der Waals surface area contributed by atoms with E-state index in [4.69, 9.17) is 16.3 Å². The van der Waals surface area contributed by atoms with E-state index in [2.05, 4.69) is 5.32 Å². The number of carbonyl (C=O) groups excluding carboxylic acids is 1. The predicted molar refractivity (Wildman–Crippen MR) is 70.6 cm³/mol. The molecular formula is C12H15ClN2O3. The SMILES string of the molecule is CN1C(=O)COc2cc(NCC(O)CCl)ccc21. The van der Waals surface area contributed by atoms with Crippen molar-refractivity contribution in [3.05, 3.63) is 18.2 Å². The summed E-state index contributed by atoms with van der Waals surface area (Å²) in [5.41, 5.74) is 1.57. The molecule has 0 radical (unpaired) electrons. The molecule has 2 N–H and O–H groups in total. The Morgan fingerprint density at radius 3 is 3.11 bits per heavy atom. The van der Waals surface area contributed by atoms with Crippen LogP contribution < -0.4 is 15.0 Å². The Balaban J connectivity index is 2.10. The van der Waals surface area contributed by atoms with Crippen molar-refractivity contribution in [2.24, 2.45) is 0 Å². The van der Waals surface area contributed by atoms with Crippen molar-refractivity contribution in [1.82, 2.24) is 0 Å². The maximum Gasteiger partial charge on any atom is 0.264 e. The number of carbonyl (C=O) groups is 1. The molecule has 18 heavy (non-hydrogen) atoms. The fraction of sp³-hybridized carbons (Fsp3) is 0.417. The number of halogens is 1. The van der Waals surface area contributed by atoms with Gasteiger partial charge < -0.3 is 20.1 Å². The molecule has 0 fully saturated rings. The van der Waals surface area contributed by atoms with Crippen LogP contribution in [0.1, 0.15) is 0 Å². The van der Waals surface area contributed by atoms with Gasteiger partial charge in [0.25, 0.3) is 5.91 Å². The van der Waals surface area contributed by atoms with Gasteiger partial charge in [-0.05, 0) is 12.1 Å². The number of nitrogens with zero attached hydrogens (tertiary/aromatic N) is 1. The van der Waals surface area contributed by atoms with Crippen molar-refractivity contribution in [2.45, 2.75) is 6.10 Å². The van der Waals surface area contributed by atoms with E-state index in [1.807, 2.05) is 12.1 Å². The van der Waals surface area contributed by atoms with E-state index < -0.39 is 6.10 Å². The highest BCUT2D eigenvalue weighted by Crippen LogP contribution is 2.33. The summed E-state index contributed by atoms with van der Waals surface area (Å²) in [4.78, 5) is 13.0. The number of nitrogens with one attached hydrogen (secondary N) is 1. The summed E-state index contributed by atoms with van der Waals surface area (Å²) in [6, 6.07) is 5.44. The molecule has 98 valence electrons. The van der Waals surface area contributed by atoms with E-state index in [1.54, 1.807) is 18.0 Å². The number of anilines is 2. The zero-order valence-electron chi connectivity index (χ0n) is 10.0. The average molecular weight is 271 g/mol. The lowest BCUT2D eigenvalue weighted by molar-refractivity contribution is -0.120. The fourth-order valence-electron chi connectivity index (χ4n) is 1.68. The first-order valence-corrected chi connectivity index (χ1v) is 6.16. The third-order valence-corrected chi connectivity index (χ3v) is 3.12. The molecule has 0 saturated heterocycles. The maximum absolute atomic E-state index is 11.4. The molecule has 0 saturated carbocycles. The number of hydrogen-bond donors (Lipinski definition) is 2. The van der Waals surface area contributed by atoms with Crippen LogP contribution >= 0.6 is 11.6 Å². The number of aliphatic hydroxyl groups is 1. The Bertz CT molecular complexity index is 453. The van der Waals surface area contributed by atoms with Crippen LogP contribution in [-0.2, 0) is 4.79 Å². The molecule has 2 rings (SSSR count). The smallest absolute Gasteiger partial charge is 0.264 e. The van der Waals surface area contributed by atoms with Crippen molar-refractivity contribution in [1.29, 1.82) is 0 Å². The maximum atomic E-state index is 11.4. The van der Waals surface area contributed by atoms with Gasteiger partial charge in [0.15, 0.2) is 6.61 Å². The van der Waals surface area contributed by atoms with E-state index in [1.165, 1.54) is 0 Å². The van der Waals surface area contributed by atoms with Crippen molar-refractivity contribution < 1.29 is 14.6 Å². The number of aliphatic hydroxyl groups excluding tert-OH is 1. The first kappa shape index (κ1) is 13.0. The molecule has 1 aromatic carbocycles. The minimum Gasteiger partial charge on any atom is -0.481 e. The molecule has 6 heteroatoms. The highest BCUT2D eigenvalue weighted by atomic mass is 35.5. The lowest BCUT2D eigenvalue weighted by Crippen LogP contribution is -2.35. The van der Waals surface area contributed by atoms with Crippen LogP contribution in [0.5, 0.6) is 5.75 Å². The number of amides is 1. The fourth-order valence-corrected chi connectivity index (χ4v) is 1.79. The van der Waals surface area contributed by atoms with E-state index in [-0.39, 0.29) is 18.4 Å². The quantitative estimate of drug-likeness (QED) is 0.803. The number of fused-ring (bicyclic) bond motifs is 1. The monoisotopic (exact) mass is 270 g/mol. The number of benzene rings is 1. The van der Waals surface area contributed by atoms with Gasteiger partial charge in [-0.1, -0.05) is 0 Å². The standard InChI is InChI=1S/C12H15ClN2O3/c1-15-10-3-2-8(14-6-9(16)5-13)4-11(10)18-7-12(15)17/h2-4,9,14,16H,5-7H2,1H3. The molecule has 0 bridgehead atoms. The van der Waals surface area contributed by atoms with Gasteiger partial charge in [0.05, 0.1) is 17.7 Å². The Hall–Kier alpha value is -1.46. The zero-order valence-corrected chi connectivity index (χ0v) is 10.8. The molecule has 0 aromatic heterocycles. The summed E-state index contributed by atoms with van der Waals surface area (Å²) in [5.74, 6) is 0.773. The Morgan fingerprint density at radius 1 is 1.61 bits per heavy atom. The summed E-state index contributed by atoms with van der Waals surface area (Å²) in [6.45, 7) is 0.425. The lowest BCUT2D eigenvalue weighted by atomic mass is 10.2. The number of rotatable bonds is 4. The average Bonchev–Trinajstić information content (AvgIpc) is 2.40. The van der Waals surface area contributed by atoms with E-state index in [0.29, 0.717) is 12.3 Å². The molecule has 1 unspecified atom stereocenters. The highest BCUT2D eigenvalue weighted by Gasteiger charge is 2.22. The van der Waals surface area contributed by atoms with Gasteiger partial charge in [0.2, 0.25) is 0 Å².